The molecule has 1 aliphatic heterocycles. The van der Waals surface area contributed by atoms with E-state index < -0.39 is 0 Å². The monoisotopic (exact) mass is 298 g/mol. The largest absolute Gasteiger partial charge is 0.398 e. The van der Waals surface area contributed by atoms with Crippen LogP contribution in [0.2, 0.25) is 0 Å². The molecule has 2 rings (SSSR count). The Morgan fingerprint density at radius 2 is 2.35 bits per heavy atom. The van der Waals surface area contributed by atoms with E-state index in [-0.39, 0.29) is 0 Å². The predicted octanol–water partition coefficient (Wildman–Crippen LogP) is 2.50. The molecule has 17 heavy (non-hydrogen) atoms. The molecule has 1 heterocycles. The minimum atomic E-state index is 0.670. The number of likely N-dealkylation sites (tertiary alicyclic amines) is 1. The third-order valence-corrected chi connectivity index (χ3v) is 4.05. The van der Waals surface area contributed by atoms with E-state index >= 15 is 0 Å². The first kappa shape index (κ1) is 12.9. The number of benzene rings is 1. The topological polar surface area (TPSA) is 38.5 Å². The number of nitrogen functional groups attached to an aromatic ring is 1. The van der Waals surface area contributed by atoms with Crippen LogP contribution in [-0.2, 0) is 11.3 Å². The highest BCUT2D eigenvalue weighted by Gasteiger charge is 2.23. The molecule has 2 N–H and O–H groups in total. The van der Waals surface area contributed by atoms with Crippen molar-refractivity contribution < 1.29 is 4.74 Å². The fraction of sp³-hybridized carbons (Fsp3) is 0.538. The predicted molar refractivity (Wildman–Crippen MR) is 73.8 cm³/mol. The minimum Gasteiger partial charge on any atom is -0.398 e. The zero-order valence-corrected chi connectivity index (χ0v) is 11.7. The van der Waals surface area contributed by atoms with E-state index in [0.717, 1.165) is 36.4 Å². The van der Waals surface area contributed by atoms with E-state index in [1.165, 1.54) is 12.0 Å². The summed E-state index contributed by atoms with van der Waals surface area (Å²) in [4.78, 5) is 2.44. The van der Waals surface area contributed by atoms with E-state index in [2.05, 4.69) is 26.9 Å². The van der Waals surface area contributed by atoms with Crippen LogP contribution in [-0.4, -0.2) is 31.7 Å². The van der Waals surface area contributed by atoms with Crippen molar-refractivity contribution in [3.05, 3.63) is 28.2 Å². The molecule has 1 aliphatic rings. The Hall–Kier alpha value is -0.580. The molecular formula is C13H19BrN2O. The molecule has 3 nitrogen and oxygen atoms in total. The molecule has 0 aliphatic carbocycles. The summed E-state index contributed by atoms with van der Waals surface area (Å²) in [6, 6.07) is 5.98. The molecule has 0 radical (unpaired) electrons. The highest BCUT2D eigenvalue weighted by Crippen LogP contribution is 2.26. The smallest absolute Gasteiger partial charge is 0.0503 e. The average Bonchev–Trinajstić information content (AvgIpc) is 2.72. The summed E-state index contributed by atoms with van der Waals surface area (Å²) >= 11 is 3.57. The number of hydrogen-bond acceptors (Lipinski definition) is 3. The van der Waals surface area contributed by atoms with E-state index in [1.807, 2.05) is 12.1 Å². The summed E-state index contributed by atoms with van der Waals surface area (Å²) in [5.41, 5.74) is 8.08. The average molecular weight is 299 g/mol. The molecule has 0 saturated carbocycles. The molecule has 4 heteroatoms. The highest BCUT2D eigenvalue weighted by atomic mass is 79.9. The molecule has 1 aromatic rings. The van der Waals surface area contributed by atoms with Crippen LogP contribution in [0.25, 0.3) is 0 Å². The first-order valence-electron chi connectivity index (χ1n) is 5.95. The summed E-state index contributed by atoms with van der Waals surface area (Å²) in [6.45, 7) is 4.03. The number of rotatable bonds is 4. The van der Waals surface area contributed by atoms with E-state index in [0.29, 0.717) is 5.92 Å². The third-order valence-electron chi connectivity index (χ3n) is 3.31. The second-order valence-electron chi connectivity index (χ2n) is 4.65. The van der Waals surface area contributed by atoms with Gasteiger partial charge in [-0.25, -0.2) is 0 Å². The summed E-state index contributed by atoms with van der Waals surface area (Å²) < 4.78 is 6.32. The second-order valence-corrected chi connectivity index (χ2v) is 5.51. The molecule has 1 saturated heterocycles. The summed E-state index contributed by atoms with van der Waals surface area (Å²) in [7, 11) is 1.77. The van der Waals surface area contributed by atoms with Gasteiger partial charge in [-0.3, -0.25) is 4.90 Å². The summed E-state index contributed by atoms with van der Waals surface area (Å²) in [5, 5.41) is 0. The van der Waals surface area contributed by atoms with Crippen LogP contribution in [0.1, 0.15) is 12.0 Å². The van der Waals surface area contributed by atoms with E-state index in [4.69, 9.17) is 10.5 Å². The van der Waals surface area contributed by atoms with Crippen LogP contribution in [0.15, 0.2) is 22.7 Å². The van der Waals surface area contributed by atoms with Crippen LogP contribution < -0.4 is 5.73 Å². The quantitative estimate of drug-likeness (QED) is 0.868. The fourth-order valence-corrected chi connectivity index (χ4v) is 2.90. The number of hydrogen-bond donors (Lipinski definition) is 1. The maximum absolute atomic E-state index is 6.01. The van der Waals surface area contributed by atoms with Gasteiger partial charge in [0.15, 0.2) is 0 Å². The lowest BCUT2D eigenvalue weighted by Gasteiger charge is -2.18. The first-order valence-corrected chi connectivity index (χ1v) is 6.74. The molecule has 1 unspecified atom stereocenters. The van der Waals surface area contributed by atoms with E-state index in [9.17, 15) is 0 Å². The van der Waals surface area contributed by atoms with Crippen molar-refractivity contribution in [3.8, 4) is 0 Å². The van der Waals surface area contributed by atoms with Gasteiger partial charge in [0.2, 0.25) is 0 Å². The van der Waals surface area contributed by atoms with Crippen molar-refractivity contribution in [2.45, 2.75) is 13.0 Å². The lowest BCUT2D eigenvalue weighted by Crippen LogP contribution is -2.22. The van der Waals surface area contributed by atoms with Crippen molar-refractivity contribution in [1.82, 2.24) is 4.90 Å². The Morgan fingerprint density at radius 1 is 1.53 bits per heavy atom. The summed E-state index contributed by atoms with van der Waals surface area (Å²) in [5.74, 6) is 0.670. The Labute approximate surface area is 111 Å². The van der Waals surface area contributed by atoms with Gasteiger partial charge in [0, 0.05) is 35.9 Å². The SMILES string of the molecule is COCC1CCN(Cc2c(N)cccc2Br)C1. The highest BCUT2D eigenvalue weighted by molar-refractivity contribution is 9.10. The standard InChI is InChI=1S/C13H19BrN2O/c1-17-9-10-5-6-16(7-10)8-11-12(14)3-2-4-13(11)15/h2-4,10H,5-9,15H2,1H3. The lowest BCUT2D eigenvalue weighted by atomic mass is 10.1. The number of nitrogens with zero attached hydrogens (tertiary/aromatic N) is 1. The normalized spacial score (nSPS) is 20.9. The fourth-order valence-electron chi connectivity index (χ4n) is 2.39. The number of ether oxygens (including phenoxy) is 1. The van der Waals surface area contributed by atoms with Crippen LogP contribution >= 0.6 is 15.9 Å². The molecule has 0 bridgehead atoms. The van der Waals surface area contributed by atoms with Crippen LogP contribution in [0.4, 0.5) is 5.69 Å². The zero-order chi connectivity index (χ0) is 12.3. The van der Waals surface area contributed by atoms with Gasteiger partial charge in [0.1, 0.15) is 0 Å². The first-order chi connectivity index (χ1) is 8.20. The third kappa shape index (κ3) is 3.21. The van der Waals surface area contributed by atoms with Gasteiger partial charge in [-0.15, -0.1) is 0 Å². The van der Waals surface area contributed by atoms with Crippen LogP contribution in [0, 0.1) is 5.92 Å². The van der Waals surface area contributed by atoms with Crippen molar-refractivity contribution in [1.29, 1.82) is 0 Å². The molecule has 1 fully saturated rings. The lowest BCUT2D eigenvalue weighted by molar-refractivity contribution is 0.152. The minimum absolute atomic E-state index is 0.670. The van der Waals surface area contributed by atoms with Gasteiger partial charge in [0.05, 0.1) is 6.61 Å². The van der Waals surface area contributed by atoms with Gasteiger partial charge in [-0.2, -0.15) is 0 Å². The number of anilines is 1. The van der Waals surface area contributed by atoms with Gasteiger partial charge in [-0.1, -0.05) is 22.0 Å². The molecule has 0 aromatic heterocycles. The van der Waals surface area contributed by atoms with Gasteiger partial charge in [0.25, 0.3) is 0 Å². The van der Waals surface area contributed by atoms with Crippen molar-refractivity contribution >= 4 is 21.6 Å². The molecule has 1 atom stereocenters. The van der Waals surface area contributed by atoms with E-state index in [1.54, 1.807) is 7.11 Å². The molecule has 0 amide bonds. The molecule has 1 aromatic carbocycles. The zero-order valence-electron chi connectivity index (χ0n) is 10.2. The summed E-state index contributed by atoms with van der Waals surface area (Å²) in [6.07, 6.45) is 1.22. The second kappa shape index (κ2) is 5.85. The Balaban J connectivity index is 1.98. The number of halogens is 1. The van der Waals surface area contributed by atoms with Crippen molar-refractivity contribution in [3.63, 3.8) is 0 Å². The molecule has 0 spiro atoms. The van der Waals surface area contributed by atoms with Gasteiger partial charge < -0.3 is 10.5 Å². The Kier molecular flexibility index (Phi) is 4.42. The van der Waals surface area contributed by atoms with Crippen molar-refractivity contribution in [2.75, 3.05) is 32.5 Å². The van der Waals surface area contributed by atoms with Gasteiger partial charge >= 0.3 is 0 Å². The maximum Gasteiger partial charge on any atom is 0.0503 e. The van der Waals surface area contributed by atoms with Gasteiger partial charge in [-0.05, 0) is 31.0 Å². The number of nitrogens with two attached hydrogens (primary N) is 1. The van der Waals surface area contributed by atoms with Crippen molar-refractivity contribution in [2.24, 2.45) is 5.92 Å². The molecule has 94 valence electrons. The molecular weight excluding hydrogens is 280 g/mol. The Bertz CT molecular complexity index is 363. The van der Waals surface area contributed by atoms with Crippen LogP contribution in [0.5, 0.6) is 0 Å². The number of methoxy groups -OCH3 is 1. The maximum atomic E-state index is 6.01. The Morgan fingerprint density at radius 3 is 3.06 bits per heavy atom. The van der Waals surface area contributed by atoms with Crippen LogP contribution in [0.3, 0.4) is 0 Å².